The molecule has 1 N–H and O–H groups in total. The van der Waals surface area contributed by atoms with Gasteiger partial charge in [0.1, 0.15) is 23.7 Å². The van der Waals surface area contributed by atoms with Crippen molar-refractivity contribution in [3.05, 3.63) is 58.1 Å². The molecule has 3 heteroatoms. The zero-order valence-electron chi connectivity index (χ0n) is 15.7. The van der Waals surface area contributed by atoms with Gasteiger partial charge in [0.15, 0.2) is 0 Å². The molecule has 0 aromatic heterocycles. The van der Waals surface area contributed by atoms with E-state index in [9.17, 15) is 5.11 Å². The van der Waals surface area contributed by atoms with E-state index in [1.165, 1.54) is 16.7 Å². The van der Waals surface area contributed by atoms with Crippen LogP contribution in [-0.4, -0.2) is 17.3 Å². The number of rotatable bonds is 5. The van der Waals surface area contributed by atoms with E-state index in [2.05, 4.69) is 39.8 Å². The first-order chi connectivity index (χ1) is 11.9. The van der Waals surface area contributed by atoms with Crippen molar-refractivity contribution in [3.8, 4) is 11.5 Å². The lowest BCUT2D eigenvalue weighted by Gasteiger charge is -2.38. The summed E-state index contributed by atoms with van der Waals surface area (Å²) in [4.78, 5) is 0. The standard InChI is InChI=1S/C22H28O3/c1-15-16(2)21-19(10-11-22(4,25-21)12-13-23)17(3)20(15)24-14-18-8-6-5-7-9-18/h5-9,23H,10-14H2,1-4H3/t22-/m0/s1. The van der Waals surface area contributed by atoms with E-state index in [1.807, 2.05) is 18.2 Å². The second-order valence-corrected chi connectivity index (χ2v) is 7.31. The first-order valence-corrected chi connectivity index (χ1v) is 9.04. The van der Waals surface area contributed by atoms with Crippen LogP contribution in [0.15, 0.2) is 30.3 Å². The minimum Gasteiger partial charge on any atom is -0.488 e. The predicted octanol–water partition coefficient (Wildman–Crippen LogP) is 4.66. The van der Waals surface area contributed by atoms with Gasteiger partial charge in [0, 0.05) is 18.6 Å². The number of benzene rings is 2. The minimum absolute atomic E-state index is 0.154. The van der Waals surface area contributed by atoms with Crippen molar-refractivity contribution in [1.29, 1.82) is 0 Å². The summed E-state index contributed by atoms with van der Waals surface area (Å²) >= 11 is 0. The number of aliphatic hydroxyl groups excluding tert-OH is 1. The van der Waals surface area contributed by atoms with Gasteiger partial charge in [0.2, 0.25) is 0 Å². The molecule has 25 heavy (non-hydrogen) atoms. The van der Waals surface area contributed by atoms with Crippen molar-refractivity contribution in [3.63, 3.8) is 0 Å². The average molecular weight is 340 g/mol. The summed E-state index contributed by atoms with van der Waals surface area (Å²) in [6.45, 7) is 9.16. The molecular weight excluding hydrogens is 312 g/mol. The largest absolute Gasteiger partial charge is 0.488 e. The van der Waals surface area contributed by atoms with Gasteiger partial charge in [-0.1, -0.05) is 30.3 Å². The van der Waals surface area contributed by atoms with Crippen molar-refractivity contribution in [2.75, 3.05) is 6.61 Å². The Hall–Kier alpha value is -2.00. The highest BCUT2D eigenvalue weighted by atomic mass is 16.5. The molecule has 3 rings (SSSR count). The van der Waals surface area contributed by atoms with Crippen LogP contribution in [0.5, 0.6) is 11.5 Å². The molecule has 1 aliphatic rings. The molecule has 0 radical (unpaired) electrons. The molecular formula is C22H28O3. The molecule has 0 saturated carbocycles. The van der Waals surface area contributed by atoms with Crippen LogP contribution in [-0.2, 0) is 13.0 Å². The van der Waals surface area contributed by atoms with Gasteiger partial charge in [-0.05, 0) is 62.8 Å². The van der Waals surface area contributed by atoms with E-state index >= 15 is 0 Å². The van der Waals surface area contributed by atoms with Crippen LogP contribution in [0.3, 0.4) is 0 Å². The molecule has 3 nitrogen and oxygen atoms in total. The summed E-state index contributed by atoms with van der Waals surface area (Å²) in [6, 6.07) is 10.3. The Bertz CT molecular complexity index is 752. The third-order valence-corrected chi connectivity index (χ3v) is 5.43. The van der Waals surface area contributed by atoms with Gasteiger partial charge in [-0.3, -0.25) is 0 Å². The molecule has 1 aliphatic heterocycles. The topological polar surface area (TPSA) is 38.7 Å². The number of ether oxygens (including phenoxy) is 2. The lowest BCUT2D eigenvalue weighted by Crippen LogP contribution is -2.38. The van der Waals surface area contributed by atoms with Crippen LogP contribution < -0.4 is 9.47 Å². The molecule has 0 fully saturated rings. The molecule has 0 amide bonds. The van der Waals surface area contributed by atoms with Crippen LogP contribution in [0.2, 0.25) is 0 Å². The van der Waals surface area contributed by atoms with Gasteiger partial charge >= 0.3 is 0 Å². The van der Waals surface area contributed by atoms with Gasteiger partial charge in [0.25, 0.3) is 0 Å². The third kappa shape index (κ3) is 3.52. The first kappa shape index (κ1) is 17.8. The van der Waals surface area contributed by atoms with Gasteiger partial charge < -0.3 is 14.6 Å². The molecule has 0 spiro atoms. The molecule has 0 bridgehead atoms. The zero-order chi connectivity index (χ0) is 18.0. The summed E-state index contributed by atoms with van der Waals surface area (Å²) in [7, 11) is 0. The Balaban J connectivity index is 1.91. The average Bonchev–Trinajstić information content (AvgIpc) is 2.60. The van der Waals surface area contributed by atoms with E-state index in [0.717, 1.165) is 35.5 Å². The van der Waals surface area contributed by atoms with E-state index in [4.69, 9.17) is 9.47 Å². The third-order valence-electron chi connectivity index (χ3n) is 5.43. The van der Waals surface area contributed by atoms with Crippen molar-refractivity contribution in [2.24, 2.45) is 0 Å². The van der Waals surface area contributed by atoms with Crippen LogP contribution in [0.4, 0.5) is 0 Å². The maximum Gasteiger partial charge on any atom is 0.127 e. The van der Waals surface area contributed by atoms with Crippen LogP contribution in [0.25, 0.3) is 0 Å². The lowest BCUT2D eigenvalue weighted by molar-refractivity contribution is 0.0377. The molecule has 0 unspecified atom stereocenters. The Morgan fingerprint density at radius 3 is 2.48 bits per heavy atom. The van der Waals surface area contributed by atoms with Crippen molar-refractivity contribution in [2.45, 2.75) is 59.2 Å². The number of hydrogen-bond donors (Lipinski definition) is 1. The smallest absolute Gasteiger partial charge is 0.127 e. The van der Waals surface area contributed by atoms with Gasteiger partial charge in [0.05, 0.1) is 0 Å². The van der Waals surface area contributed by atoms with E-state index in [1.54, 1.807) is 0 Å². The summed E-state index contributed by atoms with van der Waals surface area (Å²) in [5, 5.41) is 9.33. The fourth-order valence-corrected chi connectivity index (χ4v) is 3.64. The number of aliphatic hydroxyl groups is 1. The zero-order valence-corrected chi connectivity index (χ0v) is 15.7. The molecule has 134 valence electrons. The summed E-state index contributed by atoms with van der Waals surface area (Å²) < 4.78 is 12.6. The highest BCUT2D eigenvalue weighted by Crippen LogP contribution is 2.44. The monoisotopic (exact) mass is 340 g/mol. The fraction of sp³-hybridized carbons (Fsp3) is 0.455. The highest BCUT2D eigenvalue weighted by molar-refractivity contribution is 5.59. The minimum atomic E-state index is -0.280. The molecule has 0 aliphatic carbocycles. The summed E-state index contributed by atoms with van der Waals surface area (Å²) in [5.74, 6) is 1.97. The van der Waals surface area contributed by atoms with E-state index in [-0.39, 0.29) is 12.2 Å². The Labute approximate surface area is 150 Å². The van der Waals surface area contributed by atoms with E-state index in [0.29, 0.717) is 13.0 Å². The second kappa shape index (κ2) is 7.09. The Morgan fingerprint density at radius 2 is 1.80 bits per heavy atom. The first-order valence-electron chi connectivity index (χ1n) is 9.04. The van der Waals surface area contributed by atoms with Crippen molar-refractivity contribution >= 4 is 0 Å². The van der Waals surface area contributed by atoms with Crippen molar-refractivity contribution in [1.82, 2.24) is 0 Å². The molecule has 1 atom stereocenters. The van der Waals surface area contributed by atoms with Gasteiger partial charge in [-0.25, -0.2) is 0 Å². The van der Waals surface area contributed by atoms with Crippen molar-refractivity contribution < 1.29 is 14.6 Å². The van der Waals surface area contributed by atoms with Crippen LogP contribution >= 0.6 is 0 Å². The summed E-state index contributed by atoms with van der Waals surface area (Å²) in [5.41, 5.74) is 5.61. The normalized spacial score (nSPS) is 19.2. The molecule has 2 aromatic rings. The molecule has 1 heterocycles. The Kier molecular flexibility index (Phi) is 5.05. The second-order valence-electron chi connectivity index (χ2n) is 7.31. The highest BCUT2D eigenvalue weighted by Gasteiger charge is 2.34. The number of hydrogen-bond acceptors (Lipinski definition) is 3. The van der Waals surface area contributed by atoms with Crippen LogP contribution in [0.1, 0.15) is 47.6 Å². The van der Waals surface area contributed by atoms with E-state index < -0.39 is 0 Å². The quantitative estimate of drug-likeness (QED) is 0.860. The predicted molar refractivity (Wildman–Crippen MR) is 100 cm³/mol. The molecule has 0 saturated heterocycles. The summed E-state index contributed by atoms with van der Waals surface area (Å²) in [6.07, 6.45) is 2.54. The lowest BCUT2D eigenvalue weighted by atomic mass is 9.86. The SMILES string of the molecule is Cc1c(C)c2c(c(C)c1OCc1ccccc1)CC[C@@](C)(CCO)O2. The number of fused-ring (bicyclic) bond motifs is 1. The van der Waals surface area contributed by atoms with Crippen LogP contribution in [0, 0.1) is 20.8 Å². The van der Waals surface area contributed by atoms with Gasteiger partial charge in [-0.15, -0.1) is 0 Å². The van der Waals surface area contributed by atoms with Gasteiger partial charge in [-0.2, -0.15) is 0 Å². The molecule has 2 aromatic carbocycles. The fourth-order valence-electron chi connectivity index (χ4n) is 3.64. The maximum atomic E-state index is 9.33. The maximum absolute atomic E-state index is 9.33. The Morgan fingerprint density at radius 1 is 1.08 bits per heavy atom.